The minimum absolute atomic E-state index is 0.0192. The van der Waals surface area contributed by atoms with Gasteiger partial charge in [-0.1, -0.05) is 6.07 Å². The third kappa shape index (κ3) is 5.10. The maximum absolute atomic E-state index is 12.9. The lowest BCUT2D eigenvalue weighted by molar-refractivity contribution is -0.137. The molecule has 0 unspecified atom stereocenters. The second-order valence-electron chi connectivity index (χ2n) is 7.88. The van der Waals surface area contributed by atoms with Crippen molar-refractivity contribution in [3.05, 3.63) is 35.4 Å². The minimum Gasteiger partial charge on any atom is -0.481 e. The molecule has 2 aliphatic rings. The number of carboxylic acids is 1. The number of hydrogen-bond donors (Lipinski definition) is 3. The lowest BCUT2D eigenvalue weighted by atomic mass is 9.71. The van der Waals surface area contributed by atoms with Crippen LogP contribution in [0.5, 0.6) is 0 Å². The Kier molecular flexibility index (Phi) is 6.67. The molecule has 3 rings (SSSR count). The van der Waals surface area contributed by atoms with Gasteiger partial charge >= 0.3 is 5.97 Å². The number of likely N-dealkylation sites (tertiary alicyclic amines) is 1. The van der Waals surface area contributed by atoms with E-state index in [-0.39, 0.29) is 18.2 Å². The highest BCUT2D eigenvalue weighted by Gasteiger charge is 2.36. The Balaban J connectivity index is 1.55. The van der Waals surface area contributed by atoms with E-state index < -0.39 is 5.97 Å². The summed E-state index contributed by atoms with van der Waals surface area (Å²) < 4.78 is 0. The largest absolute Gasteiger partial charge is 0.481 e. The number of rotatable bonds is 6. The van der Waals surface area contributed by atoms with Crippen molar-refractivity contribution in [3.8, 4) is 0 Å². The Morgan fingerprint density at radius 3 is 2.43 bits per heavy atom. The predicted molar refractivity (Wildman–Crippen MR) is 105 cm³/mol. The molecule has 0 saturated carbocycles. The summed E-state index contributed by atoms with van der Waals surface area (Å²) in [5.41, 5.74) is 1.34. The van der Waals surface area contributed by atoms with Crippen LogP contribution in [0, 0.1) is 5.41 Å². The lowest BCUT2D eigenvalue weighted by Crippen LogP contribution is -2.47. The van der Waals surface area contributed by atoms with Gasteiger partial charge in [0.05, 0.1) is 0 Å². The second kappa shape index (κ2) is 9.19. The normalized spacial score (nSPS) is 18.6. The van der Waals surface area contributed by atoms with E-state index in [2.05, 4.69) is 10.6 Å². The summed E-state index contributed by atoms with van der Waals surface area (Å²) in [4.78, 5) is 37.6. The first-order valence-corrected chi connectivity index (χ1v) is 10.1. The van der Waals surface area contributed by atoms with Gasteiger partial charge in [-0.15, -0.1) is 0 Å². The Morgan fingerprint density at radius 2 is 1.75 bits per heavy atom. The summed E-state index contributed by atoms with van der Waals surface area (Å²) in [6.45, 7) is 3.97. The van der Waals surface area contributed by atoms with Gasteiger partial charge in [0.1, 0.15) is 0 Å². The molecule has 2 heterocycles. The van der Waals surface area contributed by atoms with Gasteiger partial charge in [-0.2, -0.15) is 0 Å². The zero-order valence-electron chi connectivity index (χ0n) is 16.2. The molecule has 0 radical (unpaired) electrons. The topological polar surface area (TPSA) is 98.7 Å². The van der Waals surface area contributed by atoms with Crippen molar-refractivity contribution in [2.75, 3.05) is 32.7 Å². The Labute approximate surface area is 165 Å². The fraction of sp³-hybridized carbons (Fsp3) is 0.571. The van der Waals surface area contributed by atoms with Crippen molar-refractivity contribution in [1.29, 1.82) is 0 Å². The van der Waals surface area contributed by atoms with E-state index in [1.807, 2.05) is 4.90 Å². The van der Waals surface area contributed by atoms with Crippen LogP contribution in [0.1, 0.15) is 59.2 Å². The van der Waals surface area contributed by atoms with Gasteiger partial charge in [0, 0.05) is 37.2 Å². The monoisotopic (exact) mass is 387 g/mol. The van der Waals surface area contributed by atoms with Crippen LogP contribution in [0.25, 0.3) is 0 Å². The van der Waals surface area contributed by atoms with E-state index >= 15 is 0 Å². The van der Waals surface area contributed by atoms with Gasteiger partial charge < -0.3 is 20.6 Å². The third-order valence-electron chi connectivity index (χ3n) is 6.00. The smallest absolute Gasteiger partial charge is 0.303 e. The Hall–Kier alpha value is -2.41. The molecule has 1 aromatic carbocycles. The van der Waals surface area contributed by atoms with Crippen LogP contribution >= 0.6 is 0 Å². The van der Waals surface area contributed by atoms with Crippen LogP contribution in [0.2, 0.25) is 0 Å². The number of nitrogens with zero attached hydrogens (tertiary/aromatic N) is 1. The number of aliphatic carboxylic acids is 1. The molecule has 0 bridgehead atoms. The summed E-state index contributed by atoms with van der Waals surface area (Å²) in [6.07, 6.45) is 4.86. The first kappa shape index (κ1) is 20.3. The fourth-order valence-corrected chi connectivity index (χ4v) is 4.16. The number of nitrogens with one attached hydrogen (secondary N) is 2. The van der Waals surface area contributed by atoms with Gasteiger partial charge in [-0.05, 0) is 68.8 Å². The predicted octanol–water partition coefficient (Wildman–Crippen LogP) is 1.89. The molecule has 2 aliphatic heterocycles. The van der Waals surface area contributed by atoms with Crippen molar-refractivity contribution in [1.82, 2.24) is 15.5 Å². The van der Waals surface area contributed by atoms with Crippen molar-refractivity contribution in [2.24, 2.45) is 5.41 Å². The van der Waals surface area contributed by atoms with Gasteiger partial charge in [0.15, 0.2) is 0 Å². The molecule has 1 aromatic rings. The first-order valence-electron chi connectivity index (χ1n) is 10.1. The van der Waals surface area contributed by atoms with Crippen molar-refractivity contribution < 1.29 is 19.5 Å². The van der Waals surface area contributed by atoms with Crippen molar-refractivity contribution in [3.63, 3.8) is 0 Å². The van der Waals surface area contributed by atoms with Gasteiger partial charge in [-0.3, -0.25) is 14.4 Å². The number of carboxylic acid groups (broad SMARTS) is 1. The molecule has 1 spiro atoms. The summed E-state index contributed by atoms with van der Waals surface area (Å²) in [7, 11) is 0. The van der Waals surface area contributed by atoms with Crippen LogP contribution in [0.3, 0.4) is 0 Å². The summed E-state index contributed by atoms with van der Waals surface area (Å²) >= 11 is 0. The van der Waals surface area contributed by atoms with Gasteiger partial charge in [0.25, 0.3) is 11.8 Å². The van der Waals surface area contributed by atoms with E-state index in [1.54, 1.807) is 24.3 Å². The number of carbonyl (C=O) groups is 3. The summed E-state index contributed by atoms with van der Waals surface area (Å²) in [5.74, 6) is -1.19. The zero-order chi connectivity index (χ0) is 20.0. The maximum Gasteiger partial charge on any atom is 0.303 e. The third-order valence-corrected chi connectivity index (χ3v) is 6.00. The maximum atomic E-state index is 12.9. The highest BCUT2D eigenvalue weighted by molar-refractivity contribution is 5.99. The molecule has 152 valence electrons. The Morgan fingerprint density at radius 1 is 1.07 bits per heavy atom. The zero-order valence-corrected chi connectivity index (χ0v) is 16.2. The standard InChI is InChI=1S/C21H29N3O4/c25-18(26)5-2-10-23-19(27)16-3-1-4-17(15-16)20(28)24-13-8-21(9-14-24)6-11-22-12-7-21/h1,3-4,15,22H,2,5-14H2,(H,23,27)(H,25,26). The molecule has 2 saturated heterocycles. The molecule has 0 aromatic heterocycles. The van der Waals surface area contributed by atoms with Crippen LogP contribution < -0.4 is 10.6 Å². The number of hydrogen-bond acceptors (Lipinski definition) is 4. The molecule has 7 heteroatoms. The molecular weight excluding hydrogens is 358 g/mol. The fourth-order valence-electron chi connectivity index (χ4n) is 4.16. The molecule has 7 nitrogen and oxygen atoms in total. The number of carbonyl (C=O) groups excluding carboxylic acids is 2. The summed E-state index contributed by atoms with van der Waals surface area (Å²) in [5, 5.41) is 14.8. The van der Waals surface area contributed by atoms with Crippen LogP contribution in [0.15, 0.2) is 24.3 Å². The highest BCUT2D eigenvalue weighted by Crippen LogP contribution is 2.39. The van der Waals surface area contributed by atoms with E-state index in [9.17, 15) is 14.4 Å². The highest BCUT2D eigenvalue weighted by atomic mass is 16.4. The minimum atomic E-state index is -0.880. The molecular formula is C21H29N3O4. The van der Waals surface area contributed by atoms with Crippen molar-refractivity contribution >= 4 is 17.8 Å². The molecule has 28 heavy (non-hydrogen) atoms. The lowest BCUT2D eigenvalue weighted by Gasteiger charge is -2.44. The Bertz CT molecular complexity index is 718. The molecule has 3 N–H and O–H groups in total. The summed E-state index contributed by atoms with van der Waals surface area (Å²) in [6, 6.07) is 6.77. The van der Waals surface area contributed by atoms with Gasteiger partial charge in [0.2, 0.25) is 0 Å². The number of amides is 2. The molecule has 0 aliphatic carbocycles. The first-order chi connectivity index (χ1) is 13.5. The van der Waals surface area contributed by atoms with E-state index in [0.717, 1.165) is 39.0 Å². The molecule has 0 atom stereocenters. The second-order valence-corrected chi connectivity index (χ2v) is 7.88. The van der Waals surface area contributed by atoms with Gasteiger partial charge in [-0.25, -0.2) is 0 Å². The van der Waals surface area contributed by atoms with Crippen LogP contribution in [-0.2, 0) is 4.79 Å². The van der Waals surface area contributed by atoms with Crippen molar-refractivity contribution in [2.45, 2.75) is 38.5 Å². The quantitative estimate of drug-likeness (QED) is 0.648. The van der Waals surface area contributed by atoms with Crippen LogP contribution in [-0.4, -0.2) is 60.5 Å². The van der Waals surface area contributed by atoms with E-state index in [4.69, 9.17) is 5.11 Å². The molecule has 2 amide bonds. The SMILES string of the molecule is O=C(O)CCCNC(=O)c1cccc(C(=O)N2CCC3(CCNCC3)CC2)c1. The van der Waals surface area contributed by atoms with E-state index in [0.29, 0.717) is 29.5 Å². The van der Waals surface area contributed by atoms with E-state index in [1.165, 1.54) is 12.8 Å². The molecule has 2 fully saturated rings. The average molecular weight is 387 g/mol. The number of piperidine rings is 2. The average Bonchev–Trinajstić information content (AvgIpc) is 2.72. The van der Waals surface area contributed by atoms with Crippen LogP contribution in [0.4, 0.5) is 0 Å². The number of benzene rings is 1.